The van der Waals surface area contributed by atoms with E-state index in [4.69, 9.17) is 48.6 Å². The van der Waals surface area contributed by atoms with Gasteiger partial charge in [0, 0.05) is 134 Å². The van der Waals surface area contributed by atoms with Gasteiger partial charge in [0.15, 0.2) is 11.5 Å². The fraction of sp³-hybridized carbons (Fsp3) is 0.483. The highest BCUT2D eigenvalue weighted by Gasteiger charge is 2.60. The molecule has 7 aliphatic heterocycles. The van der Waals surface area contributed by atoms with E-state index in [2.05, 4.69) is 134 Å². The molecule has 7 saturated heterocycles. The van der Waals surface area contributed by atoms with E-state index in [9.17, 15) is 64.9 Å². The van der Waals surface area contributed by atoms with Gasteiger partial charge in [-0.25, -0.2) is 40.9 Å². The quantitative estimate of drug-likeness (QED) is 0.00338. The predicted molar refractivity (Wildman–Crippen MR) is 497 cm³/mol. The number of ether oxygens (including phenoxy) is 7. The highest BCUT2D eigenvalue weighted by molar-refractivity contribution is 9.19. The maximum absolute atomic E-state index is 14.8. The Bertz CT molecular complexity index is 4590. The lowest BCUT2D eigenvalue weighted by Gasteiger charge is -2.38. The Morgan fingerprint density at radius 2 is 0.961 bits per heavy atom. The van der Waals surface area contributed by atoms with Gasteiger partial charge in [-0.15, -0.1) is 25.6 Å². The van der Waals surface area contributed by atoms with Crippen LogP contribution in [0.3, 0.4) is 0 Å². The topological polar surface area (TPSA) is 338 Å². The molecule has 10 atom stereocenters. The Hall–Kier alpha value is -6.57. The van der Waals surface area contributed by atoms with Crippen LogP contribution in [0.15, 0.2) is 143 Å². The van der Waals surface area contributed by atoms with Gasteiger partial charge in [-0.05, 0) is 139 Å². The van der Waals surface area contributed by atoms with Crippen molar-refractivity contribution in [2.45, 2.75) is 33.4 Å². The number of hydrogen-bond acceptors (Lipinski definition) is 27. The van der Waals surface area contributed by atoms with Gasteiger partial charge in [0.1, 0.15) is 71.0 Å². The zero-order valence-electron chi connectivity index (χ0n) is 73.7. The predicted octanol–water partition coefficient (Wildman–Crippen LogP) is 12.0. The minimum absolute atomic E-state index is 0. The van der Waals surface area contributed by atoms with Crippen LogP contribution in [-0.4, -0.2) is 279 Å². The number of carbonyl (C=O) groups excluding carboxylic acids is 5. The molecule has 7 fully saturated rings. The first kappa shape index (κ1) is 115. The summed E-state index contributed by atoms with van der Waals surface area (Å²) in [5, 5.41) is 42.8. The molecule has 0 saturated carbocycles. The molecule has 6 aromatic carbocycles. The standard InChI is InChI=1S/C13H18F2N2O2.2C13H17FN2O2.C12H13BrFNO2.C12H17FN2O2.C11H10BrFO2.C7H13NO3.C4H8BrNO2.C2H2Br2O.ClH/c1-16-9-3-4-11(14)10(5-9)13(17-2)8-19-7-12(13,15)6-18;1-15-10-3-4-12(14)11(5-10)13-8-17-6-9(13)7-18-16(13)2;1-15-10-3-4-12(14)11(5-10)13(16-2)8-18-7-9(13)6-17;1-15-12(7-16-5-8(12)6-17-15)10-4-9(13)2-3-11(10)14;1-15-9-2-3-11(13)10(4-9)12(14)7-17-6-8(12)5-16;1-2-5-15-7-11(14)9-6-8(12)3-4-10(9)13;1-4-5-11-6-7(9)8(2)10-3;1-6(8-2)4(7)3-5;3-1-2(4)5;/h3-5,16-18H,6-8H2,1-2H3;3-5,9,15H,6-8H2,1-2H3;3-6,9,15-16H,7-8H2,1-2H3;2-4,8H,5-7H2,1H3;2-4,8,15-16H,5-7,14H2,1H3;2-4,6H,1,5,7H2;4H,1,5-6H2,2-3H3;3H2,1-2H3;1H2;1H. The van der Waals surface area contributed by atoms with Gasteiger partial charge in [-0.3, -0.25) is 38.5 Å². The molecular formula is C87H116Br5ClF7N11O18. The second-order valence-corrected chi connectivity index (χ2v) is 33.2. The number of Topliss-reactive ketones (excluding diaryl/α,β-unsaturated/α-hetero) is 1. The molecule has 2 amide bonds. The lowest BCUT2D eigenvalue weighted by Crippen LogP contribution is -2.58. The molecule has 7 heterocycles. The summed E-state index contributed by atoms with van der Waals surface area (Å²) in [4.78, 5) is 74.0. The van der Waals surface area contributed by atoms with Crippen molar-refractivity contribution in [3.05, 3.63) is 212 Å². The number of aldehydes is 1. The smallest absolute Gasteiger partial charge is 0.271 e. The van der Waals surface area contributed by atoms with E-state index in [1.165, 1.54) is 89.0 Å². The number of hydroxylamine groups is 8. The molecule has 129 heavy (non-hydrogen) atoms. The SMILES string of the molecule is C=CCOCC(=O)N(C)OC.C=CCOCC(=O)c1cc(Br)ccc1F.CN1OCC2COCC21c1cc(Br)ccc1F.CNc1ccc(F)c(C2(N)COCC2CO)c1.CNc1ccc(F)c(C2(NC)COCC2(F)CO)c1.CNc1ccc(F)c(C2(NC)COCC2C=O)c1.CNc1ccc(F)c(C23COCC2CON3C)c1.CON(C)C(=O)CBr.Cl.O=C(Br)CBr. The van der Waals surface area contributed by atoms with Crippen molar-refractivity contribution in [3.63, 3.8) is 0 Å². The second kappa shape index (κ2) is 55.9. The Balaban J connectivity index is 0.000000309. The first-order valence-corrected chi connectivity index (χ1v) is 44.4. The van der Waals surface area contributed by atoms with Crippen LogP contribution in [0, 0.1) is 58.6 Å². The number of ketones is 1. The van der Waals surface area contributed by atoms with Crippen molar-refractivity contribution < 1.29 is 117 Å². The Kier molecular flexibility index (Phi) is 49.8. The van der Waals surface area contributed by atoms with Crippen LogP contribution >= 0.6 is 92.1 Å². The lowest BCUT2D eigenvalue weighted by molar-refractivity contribution is -0.173. The summed E-state index contributed by atoms with van der Waals surface area (Å²) in [6, 6.07) is 28.2. The fourth-order valence-electron chi connectivity index (χ4n) is 14.5. The van der Waals surface area contributed by atoms with Gasteiger partial charge in [-0.2, -0.15) is 10.1 Å². The number of nitrogens with one attached hydrogen (secondary N) is 6. The van der Waals surface area contributed by atoms with Crippen molar-refractivity contribution in [1.82, 2.24) is 30.9 Å². The molecule has 10 unspecified atom stereocenters. The number of amides is 2. The Morgan fingerprint density at radius 3 is 1.40 bits per heavy atom. The average molecular weight is 2170 g/mol. The summed E-state index contributed by atoms with van der Waals surface area (Å²) in [6.07, 6.45) is 3.94. The van der Waals surface area contributed by atoms with E-state index in [-0.39, 0.29) is 146 Å². The van der Waals surface area contributed by atoms with Crippen LogP contribution in [-0.2, 0) is 99.4 Å². The summed E-state index contributed by atoms with van der Waals surface area (Å²) in [7, 11) is 19.9. The molecule has 29 nitrogen and oxygen atoms in total. The van der Waals surface area contributed by atoms with Gasteiger partial charge in [0.25, 0.3) is 11.8 Å². The van der Waals surface area contributed by atoms with Gasteiger partial charge < -0.3 is 85.8 Å². The van der Waals surface area contributed by atoms with Crippen LogP contribution < -0.4 is 37.6 Å². The summed E-state index contributed by atoms with van der Waals surface area (Å²) in [6.45, 7) is 10.8. The van der Waals surface area contributed by atoms with Crippen LogP contribution in [0.5, 0.6) is 0 Å². The highest BCUT2D eigenvalue weighted by atomic mass is 79.9. The molecule has 0 aromatic heterocycles. The molecule has 13 rings (SSSR count). The minimum atomic E-state index is -2.06. The zero-order valence-corrected chi connectivity index (χ0v) is 82.5. The zero-order chi connectivity index (χ0) is 95.3. The molecule has 0 bridgehead atoms. The number of hydrogen-bond donors (Lipinski definition) is 9. The maximum atomic E-state index is 14.8. The number of nitrogens with two attached hydrogens (primary N) is 1. The van der Waals surface area contributed by atoms with Crippen LogP contribution in [0.1, 0.15) is 38.2 Å². The monoisotopic (exact) mass is 2170 g/mol. The fourth-order valence-corrected chi connectivity index (χ4v) is 15.6. The Morgan fingerprint density at radius 1 is 0.543 bits per heavy atom. The largest absolute Gasteiger partial charge is 0.396 e. The normalized spacial score (nSPS) is 23.6. The number of aliphatic hydroxyl groups is 2. The molecule has 42 heteroatoms. The third kappa shape index (κ3) is 29.2. The first-order valence-electron chi connectivity index (χ1n) is 39.8. The van der Waals surface area contributed by atoms with E-state index in [1.807, 2.05) is 33.3 Å². The number of anilines is 4. The molecule has 0 spiro atoms. The van der Waals surface area contributed by atoms with E-state index < -0.39 is 51.6 Å². The molecule has 0 aliphatic carbocycles. The average Bonchev–Trinajstić information content (AvgIpc) is 1.61. The van der Waals surface area contributed by atoms with E-state index in [1.54, 1.807) is 93.9 Å². The molecule has 0 radical (unpaired) electrons. The van der Waals surface area contributed by atoms with Gasteiger partial charge >= 0.3 is 0 Å². The van der Waals surface area contributed by atoms with Crippen molar-refractivity contribution >= 4 is 143 Å². The number of fused-ring (bicyclic) bond motifs is 2. The molecule has 10 N–H and O–H groups in total. The van der Waals surface area contributed by atoms with Crippen LogP contribution in [0.2, 0.25) is 0 Å². The van der Waals surface area contributed by atoms with Gasteiger partial charge in [-0.1, -0.05) is 75.9 Å². The molecule has 718 valence electrons. The molecule has 6 aromatic rings. The number of nitrogens with zero attached hydrogens (tertiary/aromatic N) is 4. The first-order chi connectivity index (χ1) is 61.0. The van der Waals surface area contributed by atoms with Crippen LogP contribution in [0.25, 0.3) is 0 Å². The minimum Gasteiger partial charge on any atom is -0.396 e. The second-order valence-electron chi connectivity index (χ2n) is 29.4. The van der Waals surface area contributed by atoms with E-state index >= 15 is 0 Å². The van der Waals surface area contributed by atoms with Crippen molar-refractivity contribution in [2.24, 2.45) is 29.4 Å². The number of likely N-dealkylation sites (N-methyl/N-ethyl adjacent to an activating group) is 5. The van der Waals surface area contributed by atoms with E-state index in [0.717, 1.165) is 37.9 Å². The lowest BCUT2D eigenvalue weighted by atomic mass is 9.78. The highest BCUT2D eigenvalue weighted by Crippen LogP contribution is 2.49. The number of halogens is 13. The van der Waals surface area contributed by atoms with Gasteiger partial charge in [0.05, 0.1) is 153 Å². The summed E-state index contributed by atoms with van der Waals surface area (Å²) in [5.41, 5.74) is 5.54. The third-order valence-corrected chi connectivity index (χ3v) is 25.2. The summed E-state index contributed by atoms with van der Waals surface area (Å²) >= 11 is 15.2. The van der Waals surface area contributed by atoms with Crippen LogP contribution in [0.4, 0.5) is 53.5 Å². The van der Waals surface area contributed by atoms with Crippen molar-refractivity contribution in [2.75, 3.05) is 236 Å². The number of carbonyl (C=O) groups is 5. The summed E-state index contributed by atoms with van der Waals surface area (Å²) < 4.78 is 137. The maximum Gasteiger partial charge on any atom is 0.271 e. The van der Waals surface area contributed by atoms with Crippen molar-refractivity contribution in [3.8, 4) is 0 Å². The number of benzene rings is 6. The molecular weight excluding hydrogens is 2050 g/mol. The number of rotatable bonds is 27. The van der Waals surface area contributed by atoms with E-state index in [0.29, 0.717) is 103 Å². The van der Waals surface area contributed by atoms with Gasteiger partial charge in [0.2, 0.25) is 4.69 Å². The number of aliphatic hydroxyl groups excluding tert-OH is 2. The van der Waals surface area contributed by atoms with Crippen molar-refractivity contribution in [1.29, 1.82) is 0 Å². The number of alkyl halides is 3. The Labute approximate surface area is 796 Å². The summed E-state index contributed by atoms with van der Waals surface area (Å²) in [5.74, 6) is -3.15. The third-order valence-electron chi connectivity index (χ3n) is 22.2. The molecule has 7 aliphatic rings.